The van der Waals surface area contributed by atoms with E-state index in [4.69, 9.17) is 0 Å². The average molecular weight is 358 g/mol. The molecule has 0 radical (unpaired) electrons. The Hall–Kier alpha value is -1.87. The van der Waals surface area contributed by atoms with Crippen molar-refractivity contribution in [1.82, 2.24) is 0 Å². The summed E-state index contributed by atoms with van der Waals surface area (Å²) in [4.78, 5) is 12.1. The summed E-state index contributed by atoms with van der Waals surface area (Å²) in [5.41, 5.74) is 4.05. The summed E-state index contributed by atoms with van der Waals surface area (Å²) in [6.45, 7) is 6.31. The number of hydrogen-bond acceptors (Lipinski definition) is 2. The number of halogens is 1. The number of carbonyl (C=O) groups is 1. The zero-order chi connectivity index (χ0) is 16.1. The fraction of sp³-hybridized carbons (Fsp3) is 0.211. The first-order valence-corrected chi connectivity index (χ1v) is 8.10. The SMILES string of the molecule is Cc1cc(NC=CC(=O)c2ccc(C(C)C)cc2)ccc1Br. The first kappa shape index (κ1) is 16.5. The Kier molecular flexibility index (Phi) is 5.56. The van der Waals surface area contributed by atoms with Gasteiger partial charge in [0.15, 0.2) is 5.78 Å². The first-order chi connectivity index (χ1) is 10.5. The number of ketones is 1. The quantitative estimate of drug-likeness (QED) is 0.550. The molecule has 0 aliphatic carbocycles. The van der Waals surface area contributed by atoms with Gasteiger partial charge < -0.3 is 5.32 Å². The van der Waals surface area contributed by atoms with Crippen LogP contribution in [-0.4, -0.2) is 5.78 Å². The molecule has 2 aromatic rings. The number of benzene rings is 2. The normalized spacial score (nSPS) is 11.1. The van der Waals surface area contributed by atoms with E-state index in [0.29, 0.717) is 11.5 Å². The fourth-order valence-corrected chi connectivity index (χ4v) is 2.32. The second-order valence-corrected chi connectivity index (χ2v) is 6.44. The molecule has 0 aromatic heterocycles. The Bertz CT molecular complexity index is 687. The van der Waals surface area contributed by atoms with E-state index in [1.165, 1.54) is 5.56 Å². The smallest absolute Gasteiger partial charge is 0.187 e. The number of allylic oxidation sites excluding steroid dienone is 1. The molecule has 0 heterocycles. The van der Waals surface area contributed by atoms with Gasteiger partial charge in [-0.05, 0) is 42.2 Å². The van der Waals surface area contributed by atoms with Gasteiger partial charge in [0.25, 0.3) is 0 Å². The maximum Gasteiger partial charge on any atom is 0.187 e. The Morgan fingerprint density at radius 1 is 1.14 bits per heavy atom. The van der Waals surface area contributed by atoms with E-state index in [0.717, 1.165) is 15.7 Å². The minimum Gasteiger partial charge on any atom is -0.362 e. The highest BCUT2D eigenvalue weighted by Gasteiger charge is 2.03. The van der Waals surface area contributed by atoms with Gasteiger partial charge in [-0.3, -0.25) is 4.79 Å². The third-order valence-corrected chi connectivity index (χ3v) is 4.39. The van der Waals surface area contributed by atoms with Crippen LogP contribution >= 0.6 is 15.9 Å². The number of aryl methyl sites for hydroxylation is 1. The Labute approximate surface area is 140 Å². The van der Waals surface area contributed by atoms with Gasteiger partial charge in [0.2, 0.25) is 0 Å². The van der Waals surface area contributed by atoms with Crippen LogP contribution in [0.2, 0.25) is 0 Å². The molecule has 2 rings (SSSR count). The summed E-state index contributed by atoms with van der Waals surface area (Å²) in [6, 6.07) is 13.8. The molecule has 0 atom stereocenters. The molecule has 2 aromatic carbocycles. The number of rotatable bonds is 5. The van der Waals surface area contributed by atoms with E-state index in [2.05, 4.69) is 35.1 Å². The van der Waals surface area contributed by atoms with Gasteiger partial charge in [-0.1, -0.05) is 54.0 Å². The zero-order valence-electron chi connectivity index (χ0n) is 13.1. The van der Waals surface area contributed by atoms with Crippen LogP contribution in [0.25, 0.3) is 0 Å². The molecule has 0 spiro atoms. The number of anilines is 1. The Morgan fingerprint density at radius 3 is 2.41 bits per heavy atom. The molecular formula is C19H20BrNO. The monoisotopic (exact) mass is 357 g/mol. The van der Waals surface area contributed by atoms with Gasteiger partial charge in [0.1, 0.15) is 0 Å². The lowest BCUT2D eigenvalue weighted by molar-refractivity contribution is 0.104. The number of hydrogen-bond donors (Lipinski definition) is 1. The molecule has 22 heavy (non-hydrogen) atoms. The minimum absolute atomic E-state index is 0.00311. The lowest BCUT2D eigenvalue weighted by Gasteiger charge is -2.05. The molecule has 0 unspecified atom stereocenters. The molecule has 2 nitrogen and oxygen atoms in total. The second kappa shape index (κ2) is 7.41. The highest BCUT2D eigenvalue weighted by molar-refractivity contribution is 9.10. The summed E-state index contributed by atoms with van der Waals surface area (Å²) < 4.78 is 1.07. The van der Waals surface area contributed by atoms with Gasteiger partial charge >= 0.3 is 0 Å². The standard InChI is InChI=1S/C19H20BrNO/c1-13(2)15-4-6-16(7-5-15)19(22)10-11-21-17-8-9-18(20)14(3)12-17/h4-13,21H,1-3H3. The Morgan fingerprint density at radius 2 is 1.82 bits per heavy atom. The maximum atomic E-state index is 12.1. The second-order valence-electron chi connectivity index (χ2n) is 5.58. The molecule has 114 valence electrons. The molecule has 0 aliphatic heterocycles. The van der Waals surface area contributed by atoms with Crippen molar-refractivity contribution >= 4 is 27.4 Å². The van der Waals surface area contributed by atoms with Crippen LogP contribution < -0.4 is 5.32 Å². The topological polar surface area (TPSA) is 29.1 Å². The van der Waals surface area contributed by atoms with Crippen molar-refractivity contribution < 1.29 is 4.79 Å². The highest BCUT2D eigenvalue weighted by Crippen LogP contribution is 2.20. The summed E-state index contributed by atoms with van der Waals surface area (Å²) in [6.07, 6.45) is 3.24. The molecule has 3 heteroatoms. The van der Waals surface area contributed by atoms with Crippen LogP contribution in [0.5, 0.6) is 0 Å². The molecule has 0 amide bonds. The molecule has 1 N–H and O–H groups in total. The van der Waals surface area contributed by atoms with Crippen LogP contribution in [0.4, 0.5) is 5.69 Å². The van der Waals surface area contributed by atoms with Gasteiger partial charge in [-0.25, -0.2) is 0 Å². The van der Waals surface area contributed by atoms with Crippen molar-refractivity contribution in [2.45, 2.75) is 26.7 Å². The van der Waals surface area contributed by atoms with Crippen LogP contribution in [0.1, 0.15) is 41.3 Å². The third-order valence-electron chi connectivity index (χ3n) is 3.50. The predicted octanol–water partition coefficient (Wildman–Crippen LogP) is 5.69. The predicted molar refractivity (Wildman–Crippen MR) is 96.5 cm³/mol. The van der Waals surface area contributed by atoms with Gasteiger partial charge in [0.05, 0.1) is 0 Å². The molecular weight excluding hydrogens is 338 g/mol. The fourth-order valence-electron chi connectivity index (χ4n) is 2.08. The van der Waals surface area contributed by atoms with Crippen LogP contribution in [0.3, 0.4) is 0 Å². The summed E-state index contributed by atoms with van der Waals surface area (Å²) in [5, 5.41) is 3.12. The van der Waals surface area contributed by atoms with Gasteiger partial charge in [-0.2, -0.15) is 0 Å². The average Bonchev–Trinajstić information content (AvgIpc) is 2.51. The zero-order valence-corrected chi connectivity index (χ0v) is 14.6. The third kappa shape index (κ3) is 4.31. The van der Waals surface area contributed by atoms with E-state index in [1.54, 1.807) is 12.3 Å². The van der Waals surface area contributed by atoms with E-state index < -0.39 is 0 Å². The van der Waals surface area contributed by atoms with Crippen molar-refractivity contribution in [3.8, 4) is 0 Å². The van der Waals surface area contributed by atoms with E-state index in [9.17, 15) is 4.79 Å². The van der Waals surface area contributed by atoms with Crippen molar-refractivity contribution in [1.29, 1.82) is 0 Å². The van der Waals surface area contributed by atoms with E-state index in [1.807, 2.05) is 49.4 Å². The van der Waals surface area contributed by atoms with Crippen molar-refractivity contribution in [2.75, 3.05) is 5.32 Å². The van der Waals surface area contributed by atoms with Gasteiger partial charge in [-0.15, -0.1) is 0 Å². The lowest BCUT2D eigenvalue weighted by Crippen LogP contribution is -1.97. The number of carbonyl (C=O) groups excluding carboxylic acids is 1. The summed E-state index contributed by atoms with van der Waals surface area (Å²) in [7, 11) is 0. The molecule has 0 fully saturated rings. The van der Waals surface area contributed by atoms with E-state index in [-0.39, 0.29) is 5.78 Å². The van der Waals surface area contributed by atoms with Crippen LogP contribution in [0, 0.1) is 6.92 Å². The summed E-state index contributed by atoms with van der Waals surface area (Å²) >= 11 is 3.47. The maximum absolute atomic E-state index is 12.1. The molecule has 0 bridgehead atoms. The molecule has 0 saturated heterocycles. The molecule has 0 aliphatic rings. The first-order valence-electron chi connectivity index (χ1n) is 7.31. The molecule has 0 saturated carbocycles. The Balaban J connectivity index is 2.00. The lowest BCUT2D eigenvalue weighted by atomic mass is 10.0. The van der Waals surface area contributed by atoms with Crippen molar-refractivity contribution in [2.24, 2.45) is 0 Å². The largest absolute Gasteiger partial charge is 0.362 e. The van der Waals surface area contributed by atoms with Crippen LogP contribution in [0.15, 0.2) is 59.2 Å². The van der Waals surface area contributed by atoms with Crippen molar-refractivity contribution in [3.63, 3.8) is 0 Å². The van der Waals surface area contributed by atoms with Gasteiger partial charge in [0, 0.05) is 28.0 Å². The van der Waals surface area contributed by atoms with Crippen molar-refractivity contribution in [3.05, 3.63) is 75.9 Å². The van der Waals surface area contributed by atoms with E-state index >= 15 is 0 Å². The van der Waals surface area contributed by atoms with Crippen LogP contribution in [-0.2, 0) is 0 Å². The highest BCUT2D eigenvalue weighted by atomic mass is 79.9. The summed E-state index contributed by atoms with van der Waals surface area (Å²) in [5.74, 6) is 0.471. The minimum atomic E-state index is -0.00311. The number of nitrogens with one attached hydrogen (secondary N) is 1.